The van der Waals surface area contributed by atoms with Crippen molar-refractivity contribution in [1.29, 1.82) is 0 Å². The van der Waals surface area contributed by atoms with Crippen molar-refractivity contribution in [2.45, 2.75) is 13.5 Å². The van der Waals surface area contributed by atoms with Crippen LogP contribution in [0, 0.1) is 6.92 Å². The maximum absolute atomic E-state index is 13.1. The summed E-state index contributed by atoms with van der Waals surface area (Å²) in [7, 11) is 0. The molecule has 0 spiro atoms. The second-order valence-corrected chi connectivity index (χ2v) is 6.44. The molecule has 26 heavy (non-hydrogen) atoms. The summed E-state index contributed by atoms with van der Waals surface area (Å²) in [6, 6.07) is 7.24. The van der Waals surface area contributed by atoms with Crippen molar-refractivity contribution in [2.75, 3.05) is 5.32 Å². The molecule has 10 heteroatoms. The van der Waals surface area contributed by atoms with Gasteiger partial charge in [0.1, 0.15) is 0 Å². The summed E-state index contributed by atoms with van der Waals surface area (Å²) in [5.41, 5.74) is 1.49. The normalized spacial score (nSPS) is 11.4. The number of nitrogens with one attached hydrogen (secondary N) is 2. The van der Waals surface area contributed by atoms with Crippen molar-refractivity contribution in [3.05, 3.63) is 48.0 Å². The lowest BCUT2D eigenvalue weighted by Crippen LogP contribution is -2.12. The number of aromatic amines is 1. The molecule has 0 aliphatic rings. The third kappa shape index (κ3) is 2.73. The molecule has 3 heterocycles. The van der Waals surface area contributed by atoms with E-state index in [9.17, 15) is 13.6 Å². The van der Waals surface area contributed by atoms with Crippen molar-refractivity contribution in [2.24, 2.45) is 0 Å². The van der Waals surface area contributed by atoms with Crippen LogP contribution < -0.4 is 5.32 Å². The van der Waals surface area contributed by atoms with Gasteiger partial charge < -0.3 is 0 Å². The highest BCUT2D eigenvalue weighted by molar-refractivity contribution is 7.19. The number of imidazole rings is 1. The third-order valence-corrected chi connectivity index (χ3v) is 4.85. The monoisotopic (exact) mass is 374 g/mol. The van der Waals surface area contributed by atoms with E-state index in [-0.39, 0.29) is 11.5 Å². The van der Waals surface area contributed by atoms with E-state index >= 15 is 0 Å². The Kier molecular flexibility index (Phi) is 3.96. The number of fused-ring (bicyclic) bond motifs is 1. The molecule has 0 radical (unpaired) electrons. The summed E-state index contributed by atoms with van der Waals surface area (Å²) in [6.07, 6.45) is 2.50. The number of aryl methyl sites for hydroxylation is 1. The molecule has 0 saturated heterocycles. The van der Waals surface area contributed by atoms with Gasteiger partial charge >= 0.3 is 6.55 Å². The first-order chi connectivity index (χ1) is 12.5. The van der Waals surface area contributed by atoms with E-state index in [2.05, 4.69) is 25.5 Å². The van der Waals surface area contributed by atoms with Crippen LogP contribution in [0.3, 0.4) is 0 Å². The summed E-state index contributed by atoms with van der Waals surface area (Å²) >= 11 is 1.08. The van der Waals surface area contributed by atoms with Gasteiger partial charge in [0, 0.05) is 17.8 Å². The van der Waals surface area contributed by atoms with Gasteiger partial charge in [0.2, 0.25) is 0 Å². The molecule has 1 aromatic carbocycles. The molecule has 0 unspecified atom stereocenters. The fraction of sp³-hybridized carbons (Fsp3) is 0.125. The molecule has 4 rings (SSSR count). The number of anilines is 1. The Bertz CT molecular complexity index is 1100. The van der Waals surface area contributed by atoms with Crippen molar-refractivity contribution < 1.29 is 13.6 Å². The second-order valence-electron chi connectivity index (χ2n) is 5.44. The number of amides is 1. The first-order valence-electron chi connectivity index (χ1n) is 7.58. The van der Waals surface area contributed by atoms with Gasteiger partial charge in [-0.3, -0.25) is 19.8 Å². The van der Waals surface area contributed by atoms with E-state index in [0.717, 1.165) is 21.4 Å². The molecule has 2 N–H and O–H groups in total. The number of aromatic nitrogens is 5. The number of rotatable bonds is 4. The standard InChI is InChI=1S/C16H12F2N6OS/c1-8-12(13-19-6-7-24(13)15(17)18)26-16(20-8)21-14(25)11-9-4-2-3-5-10(9)22-23-11/h2-7,15H,1H3,(H,22,23)(H,20,21,25). The van der Waals surface area contributed by atoms with E-state index in [1.54, 1.807) is 13.0 Å². The zero-order chi connectivity index (χ0) is 18.3. The molecule has 0 aliphatic heterocycles. The Balaban J connectivity index is 1.64. The first-order valence-corrected chi connectivity index (χ1v) is 8.39. The molecule has 0 fully saturated rings. The zero-order valence-electron chi connectivity index (χ0n) is 13.4. The van der Waals surface area contributed by atoms with Crippen molar-refractivity contribution in [3.8, 4) is 10.7 Å². The lowest BCUT2D eigenvalue weighted by Gasteiger charge is -2.04. The van der Waals surface area contributed by atoms with E-state index in [1.165, 1.54) is 12.4 Å². The molecular weight excluding hydrogens is 362 g/mol. The summed E-state index contributed by atoms with van der Waals surface area (Å²) in [5, 5.41) is 10.5. The molecule has 132 valence electrons. The van der Waals surface area contributed by atoms with E-state index in [4.69, 9.17) is 0 Å². The van der Waals surface area contributed by atoms with E-state index < -0.39 is 12.5 Å². The molecule has 0 saturated carbocycles. The van der Waals surface area contributed by atoms with Crippen LogP contribution in [0.15, 0.2) is 36.7 Å². The molecule has 0 aliphatic carbocycles. The van der Waals surface area contributed by atoms with Gasteiger partial charge in [-0.15, -0.1) is 0 Å². The maximum atomic E-state index is 13.1. The van der Waals surface area contributed by atoms with Gasteiger partial charge in [-0.05, 0) is 13.0 Å². The minimum Gasteiger partial charge on any atom is -0.296 e. The number of halogens is 2. The van der Waals surface area contributed by atoms with Gasteiger partial charge in [0.15, 0.2) is 16.6 Å². The summed E-state index contributed by atoms with van der Waals surface area (Å²) in [4.78, 5) is 21.2. The fourth-order valence-electron chi connectivity index (χ4n) is 2.60. The number of alkyl halides is 2. The van der Waals surface area contributed by atoms with Crippen LogP contribution in [-0.2, 0) is 0 Å². The average Bonchev–Trinajstić information content (AvgIpc) is 3.32. The zero-order valence-corrected chi connectivity index (χ0v) is 14.2. The van der Waals surface area contributed by atoms with Crippen molar-refractivity contribution in [1.82, 2.24) is 24.7 Å². The lowest BCUT2D eigenvalue weighted by molar-refractivity contribution is 0.0720. The number of nitrogens with zero attached hydrogens (tertiary/aromatic N) is 4. The van der Waals surface area contributed by atoms with Crippen LogP contribution in [0.1, 0.15) is 22.7 Å². The predicted octanol–water partition coefficient (Wildman–Crippen LogP) is 3.84. The molecule has 4 aromatic rings. The van der Waals surface area contributed by atoms with Crippen LogP contribution in [0.5, 0.6) is 0 Å². The van der Waals surface area contributed by atoms with Crippen molar-refractivity contribution in [3.63, 3.8) is 0 Å². The van der Waals surface area contributed by atoms with Gasteiger partial charge in [-0.2, -0.15) is 13.9 Å². The number of para-hydroxylation sites is 1. The van der Waals surface area contributed by atoms with Crippen LogP contribution in [0.25, 0.3) is 21.6 Å². The number of benzene rings is 1. The Morgan fingerprint density at radius 2 is 2.15 bits per heavy atom. The second kappa shape index (κ2) is 6.30. The van der Waals surface area contributed by atoms with Crippen LogP contribution in [-0.4, -0.2) is 30.6 Å². The SMILES string of the molecule is Cc1nc(NC(=O)c2n[nH]c3ccccc23)sc1-c1nccn1C(F)F. The van der Waals surface area contributed by atoms with Crippen LogP contribution >= 0.6 is 11.3 Å². The van der Waals surface area contributed by atoms with Gasteiger partial charge in [-0.1, -0.05) is 29.5 Å². The average molecular weight is 374 g/mol. The van der Waals surface area contributed by atoms with Gasteiger partial charge in [0.25, 0.3) is 5.91 Å². The smallest absolute Gasteiger partial charge is 0.296 e. The number of hydrogen-bond donors (Lipinski definition) is 2. The summed E-state index contributed by atoms with van der Waals surface area (Å²) in [6.45, 7) is -1.03. The lowest BCUT2D eigenvalue weighted by atomic mass is 10.2. The minimum atomic E-state index is -2.71. The molecule has 0 atom stereocenters. The molecule has 1 amide bonds. The van der Waals surface area contributed by atoms with E-state index in [1.807, 2.05) is 18.2 Å². The quantitative estimate of drug-likeness (QED) is 0.568. The Morgan fingerprint density at radius 3 is 2.96 bits per heavy atom. The minimum absolute atomic E-state index is 0.112. The number of hydrogen-bond acceptors (Lipinski definition) is 5. The highest BCUT2D eigenvalue weighted by atomic mass is 32.1. The molecule has 7 nitrogen and oxygen atoms in total. The fourth-order valence-corrected chi connectivity index (χ4v) is 3.56. The van der Waals surface area contributed by atoms with Gasteiger partial charge in [-0.25, -0.2) is 9.97 Å². The Morgan fingerprint density at radius 1 is 1.35 bits per heavy atom. The topological polar surface area (TPSA) is 88.5 Å². The molecule has 0 bridgehead atoms. The number of thiazole rings is 1. The third-order valence-electron chi connectivity index (χ3n) is 3.78. The largest absolute Gasteiger partial charge is 0.320 e. The summed E-state index contributed by atoms with van der Waals surface area (Å²) < 4.78 is 26.9. The van der Waals surface area contributed by atoms with Gasteiger partial charge in [0.05, 0.1) is 16.1 Å². The molecular formula is C16H12F2N6OS. The maximum Gasteiger partial charge on any atom is 0.320 e. The predicted molar refractivity (Wildman–Crippen MR) is 93.4 cm³/mol. The number of H-pyrrole nitrogens is 1. The van der Waals surface area contributed by atoms with E-state index in [0.29, 0.717) is 21.1 Å². The highest BCUT2D eigenvalue weighted by Crippen LogP contribution is 2.33. The Hall–Kier alpha value is -3.14. The number of carbonyl (C=O) groups is 1. The van der Waals surface area contributed by atoms with Crippen molar-refractivity contribution >= 4 is 33.3 Å². The highest BCUT2D eigenvalue weighted by Gasteiger charge is 2.21. The first kappa shape index (κ1) is 16.3. The molecule has 3 aromatic heterocycles. The Labute approximate surface area is 149 Å². The van der Waals surface area contributed by atoms with Crippen LogP contribution in [0.4, 0.5) is 13.9 Å². The summed E-state index contributed by atoms with van der Waals surface area (Å²) in [5.74, 6) is -0.319. The van der Waals surface area contributed by atoms with Crippen LogP contribution in [0.2, 0.25) is 0 Å². The number of carbonyl (C=O) groups excluding carboxylic acids is 1.